The molecule has 17 heavy (non-hydrogen) atoms. The summed E-state index contributed by atoms with van der Waals surface area (Å²) < 4.78 is 0.704. The molecular weight excluding hydrogens is 304 g/mol. The van der Waals surface area contributed by atoms with Gasteiger partial charge in [0, 0.05) is 11.1 Å². The van der Waals surface area contributed by atoms with Crippen LogP contribution >= 0.6 is 27.3 Å². The molecule has 0 saturated heterocycles. The van der Waals surface area contributed by atoms with Crippen molar-refractivity contribution in [2.24, 2.45) is 5.84 Å². The zero-order valence-electron chi connectivity index (χ0n) is 9.07. The molecule has 2 aromatic heterocycles. The van der Waals surface area contributed by atoms with Crippen LogP contribution in [-0.4, -0.2) is 15.0 Å². The minimum atomic E-state index is 0.540. The van der Waals surface area contributed by atoms with Gasteiger partial charge in [-0.25, -0.2) is 20.8 Å². The fourth-order valence-corrected chi connectivity index (χ4v) is 2.42. The van der Waals surface area contributed by atoms with E-state index in [2.05, 4.69) is 41.6 Å². The average molecular weight is 315 g/mol. The number of hydrogen-bond donors (Lipinski definition) is 3. The zero-order valence-corrected chi connectivity index (χ0v) is 11.5. The van der Waals surface area contributed by atoms with Crippen molar-refractivity contribution in [1.82, 2.24) is 15.0 Å². The fourth-order valence-electron chi connectivity index (χ4n) is 1.24. The molecule has 2 rings (SSSR count). The molecule has 8 heteroatoms. The van der Waals surface area contributed by atoms with Gasteiger partial charge in [-0.1, -0.05) is 0 Å². The molecule has 90 valence electrons. The van der Waals surface area contributed by atoms with Gasteiger partial charge in [0.2, 0.25) is 0 Å². The Bertz CT molecular complexity index is 514. The fraction of sp³-hybridized carbons (Fsp3) is 0.222. The van der Waals surface area contributed by atoms with Crippen molar-refractivity contribution < 1.29 is 0 Å². The van der Waals surface area contributed by atoms with Gasteiger partial charge < -0.3 is 10.7 Å². The topological polar surface area (TPSA) is 88.8 Å². The molecule has 0 bridgehead atoms. The predicted octanol–water partition coefficient (Wildman–Crippen LogP) is 1.90. The number of halogens is 1. The normalized spacial score (nSPS) is 10.3. The number of anilines is 2. The number of hydrogen-bond acceptors (Lipinski definition) is 7. The maximum Gasteiger partial charge on any atom is 0.159 e. The van der Waals surface area contributed by atoms with E-state index in [-0.39, 0.29) is 0 Å². The highest BCUT2D eigenvalue weighted by atomic mass is 79.9. The monoisotopic (exact) mass is 314 g/mol. The third kappa shape index (κ3) is 2.90. The van der Waals surface area contributed by atoms with Crippen molar-refractivity contribution in [1.29, 1.82) is 0 Å². The molecule has 0 aliphatic heterocycles. The molecule has 0 atom stereocenters. The molecule has 0 unspecified atom stereocenters. The number of thiazole rings is 1. The minimum Gasteiger partial charge on any atom is -0.362 e. The number of nitrogens with zero attached hydrogens (tertiary/aromatic N) is 3. The summed E-state index contributed by atoms with van der Waals surface area (Å²) in [6, 6.07) is 0. The van der Waals surface area contributed by atoms with E-state index in [4.69, 9.17) is 5.84 Å². The molecule has 0 spiro atoms. The summed E-state index contributed by atoms with van der Waals surface area (Å²) in [5.41, 5.74) is 2.49. The van der Waals surface area contributed by atoms with Gasteiger partial charge in [0.25, 0.3) is 0 Å². The number of aromatic nitrogens is 3. The third-order valence-electron chi connectivity index (χ3n) is 2.00. The van der Waals surface area contributed by atoms with Crippen LogP contribution in [-0.2, 0) is 6.54 Å². The summed E-state index contributed by atoms with van der Waals surface area (Å²) in [5.74, 6) is 6.54. The molecule has 0 fully saturated rings. The maximum atomic E-state index is 5.32. The standard InChI is InChI=1S/C9H11BrN6S/c1-5-2-12-6(17-5)3-13-8-7(10)9(16-11)15-4-14-8/h2,4H,3,11H2,1H3,(H2,13,14,15,16). The third-order valence-corrected chi connectivity index (χ3v) is 3.67. The first-order chi connectivity index (χ1) is 8.20. The van der Waals surface area contributed by atoms with Gasteiger partial charge in [0.15, 0.2) is 5.82 Å². The van der Waals surface area contributed by atoms with Gasteiger partial charge in [-0.2, -0.15) is 0 Å². The number of nitrogens with two attached hydrogens (primary N) is 1. The zero-order chi connectivity index (χ0) is 12.3. The van der Waals surface area contributed by atoms with E-state index in [1.165, 1.54) is 11.2 Å². The first-order valence-electron chi connectivity index (χ1n) is 4.83. The van der Waals surface area contributed by atoms with Gasteiger partial charge in [-0.15, -0.1) is 11.3 Å². The Morgan fingerprint density at radius 2 is 2.12 bits per heavy atom. The molecule has 2 aromatic rings. The second kappa shape index (κ2) is 5.39. The lowest BCUT2D eigenvalue weighted by atomic mass is 10.5. The van der Waals surface area contributed by atoms with E-state index in [1.807, 2.05) is 13.1 Å². The van der Waals surface area contributed by atoms with Crippen LogP contribution in [0, 0.1) is 6.92 Å². The Morgan fingerprint density at radius 1 is 1.35 bits per heavy atom. The molecular formula is C9H11BrN6S. The first kappa shape index (κ1) is 12.2. The quantitative estimate of drug-likeness (QED) is 0.590. The summed E-state index contributed by atoms with van der Waals surface area (Å²) in [5, 5.41) is 4.18. The highest BCUT2D eigenvalue weighted by molar-refractivity contribution is 9.10. The van der Waals surface area contributed by atoms with Crippen LogP contribution < -0.4 is 16.6 Å². The lowest BCUT2D eigenvalue weighted by Gasteiger charge is -2.08. The summed E-state index contributed by atoms with van der Waals surface area (Å²) >= 11 is 5.02. The van der Waals surface area contributed by atoms with Gasteiger partial charge in [-0.3, -0.25) is 0 Å². The average Bonchev–Trinajstić information content (AvgIpc) is 2.74. The van der Waals surface area contributed by atoms with Crippen molar-refractivity contribution in [3.63, 3.8) is 0 Å². The Labute approximate surface area is 111 Å². The highest BCUT2D eigenvalue weighted by Gasteiger charge is 2.07. The van der Waals surface area contributed by atoms with Crippen molar-refractivity contribution in [2.75, 3.05) is 10.7 Å². The van der Waals surface area contributed by atoms with Crippen LogP contribution in [0.15, 0.2) is 17.0 Å². The SMILES string of the molecule is Cc1cnc(CNc2ncnc(NN)c2Br)s1. The lowest BCUT2D eigenvalue weighted by molar-refractivity contribution is 1.05. The number of rotatable bonds is 4. The number of hydrazine groups is 1. The molecule has 4 N–H and O–H groups in total. The largest absolute Gasteiger partial charge is 0.362 e. The van der Waals surface area contributed by atoms with Crippen LogP contribution in [0.4, 0.5) is 11.6 Å². The summed E-state index contributed by atoms with van der Waals surface area (Å²) in [4.78, 5) is 13.5. The maximum absolute atomic E-state index is 5.32. The van der Waals surface area contributed by atoms with Crippen molar-refractivity contribution in [3.05, 3.63) is 26.9 Å². The second-order valence-corrected chi connectivity index (χ2v) is 5.36. The van der Waals surface area contributed by atoms with Gasteiger partial charge in [-0.05, 0) is 22.9 Å². The van der Waals surface area contributed by atoms with Crippen molar-refractivity contribution in [3.8, 4) is 0 Å². The van der Waals surface area contributed by atoms with Gasteiger partial charge >= 0.3 is 0 Å². The molecule has 6 nitrogen and oxygen atoms in total. The number of nitrogens with one attached hydrogen (secondary N) is 2. The van der Waals surface area contributed by atoms with Crippen molar-refractivity contribution >= 4 is 38.9 Å². The first-order valence-corrected chi connectivity index (χ1v) is 6.44. The summed E-state index contributed by atoms with van der Waals surface area (Å²) in [6.45, 7) is 2.65. The molecule has 0 radical (unpaired) electrons. The molecule has 0 amide bonds. The lowest BCUT2D eigenvalue weighted by Crippen LogP contribution is -2.11. The van der Waals surface area contributed by atoms with Crippen LogP contribution in [0.1, 0.15) is 9.88 Å². The summed E-state index contributed by atoms with van der Waals surface area (Å²) in [6.07, 6.45) is 3.29. The molecule has 0 aliphatic carbocycles. The molecule has 0 saturated carbocycles. The van der Waals surface area contributed by atoms with Crippen LogP contribution in [0.3, 0.4) is 0 Å². The highest BCUT2D eigenvalue weighted by Crippen LogP contribution is 2.26. The molecule has 2 heterocycles. The minimum absolute atomic E-state index is 0.540. The van der Waals surface area contributed by atoms with Gasteiger partial charge in [0.1, 0.15) is 21.6 Å². The second-order valence-electron chi connectivity index (χ2n) is 3.25. The van der Waals surface area contributed by atoms with Crippen LogP contribution in [0.2, 0.25) is 0 Å². The van der Waals surface area contributed by atoms with E-state index < -0.39 is 0 Å². The Kier molecular flexibility index (Phi) is 3.87. The van der Waals surface area contributed by atoms with E-state index >= 15 is 0 Å². The molecule has 0 aromatic carbocycles. The van der Waals surface area contributed by atoms with Crippen LogP contribution in [0.5, 0.6) is 0 Å². The smallest absolute Gasteiger partial charge is 0.159 e. The number of aryl methyl sites for hydroxylation is 1. The molecule has 0 aliphatic rings. The van der Waals surface area contributed by atoms with E-state index in [9.17, 15) is 0 Å². The Balaban J connectivity index is 2.09. The van der Waals surface area contributed by atoms with E-state index in [0.717, 1.165) is 5.01 Å². The van der Waals surface area contributed by atoms with Gasteiger partial charge in [0.05, 0.1) is 6.54 Å². The number of nitrogen functional groups attached to an aromatic ring is 1. The predicted molar refractivity (Wildman–Crippen MR) is 71.7 cm³/mol. The Morgan fingerprint density at radius 3 is 2.76 bits per heavy atom. The van der Waals surface area contributed by atoms with E-state index in [1.54, 1.807) is 11.3 Å². The van der Waals surface area contributed by atoms with E-state index in [0.29, 0.717) is 22.7 Å². The van der Waals surface area contributed by atoms with Crippen molar-refractivity contribution in [2.45, 2.75) is 13.5 Å². The summed E-state index contributed by atoms with van der Waals surface area (Å²) in [7, 11) is 0. The van der Waals surface area contributed by atoms with Crippen LogP contribution in [0.25, 0.3) is 0 Å². The Hall–Kier alpha value is -1.25.